The lowest BCUT2D eigenvalue weighted by molar-refractivity contribution is -0.117. The molecule has 0 aliphatic carbocycles. The number of fused-ring (bicyclic) bond motifs is 1. The van der Waals surface area contributed by atoms with Gasteiger partial charge in [0.1, 0.15) is 11.3 Å². The van der Waals surface area contributed by atoms with E-state index in [4.69, 9.17) is 28.2 Å². The fourth-order valence-corrected chi connectivity index (χ4v) is 4.21. The molecule has 3 aromatic carbocycles. The minimum atomic E-state index is -0.217. The molecule has 1 amide bonds. The van der Waals surface area contributed by atoms with Gasteiger partial charge in [0, 0.05) is 21.2 Å². The smallest absolute Gasteiger partial charge is 0.236 e. The number of anilines is 1. The first-order chi connectivity index (χ1) is 15.4. The van der Waals surface area contributed by atoms with Crippen molar-refractivity contribution in [2.75, 3.05) is 11.1 Å². The Bertz CT molecular complexity index is 1310. The number of nitrogens with one attached hydrogen (secondary N) is 2. The number of thiocarbonyl (C=S) groups is 1. The van der Waals surface area contributed by atoms with E-state index >= 15 is 0 Å². The second-order valence-electron chi connectivity index (χ2n) is 6.61. The number of aromatic hydroxyl groups is 1. The van der Waals surface area contributed by atoms with Crippen LogP contribution >= 0.6 is 51.5 Å². The van der Waals surface area contributed by atoms with Crippen LogP contribution in [0.3, 0.4) is 0 Å². The Hall–Kier alpha value is -2.59. The summed E-state index contributed by atoms with van der Waals surface area (Å²) in [5, 5.41) is 16.2. The summed E-state index contributed by atoms with van der Waals surface area (Å²) in [7, 11) is 0. The number of aromatic nitrogens is 1. The third-order valence-corrected chi connectivity index (χ3v) is 6.38. The molecule has 0 fully saturated rings. The standard InChI is InChI=1S/C22H15BrClN3O3S2/c23-16-9-12(1-7-18(16)28)21-26-17-10-14(4-8-19(17)30-21)25-22(31)27-20(29)11-32-15-5-2-13(24)3-6-15/h1-10,28H,11H2,(H2,25,27,29,31). The largest absolute Gasteiger partial charge is 0.507 e. The van der Waals surface area contributed by atoms with Crippen LogP contribution < -0.4 is 10.6 Å². The van der Waals surface area contributed by atoms with Gasteiger partial charge in [-0.3, -0.25) is 4.79 Å². The van der Waals surface area contributed by atoms with Gasteiger partial charge in [-0.2, -0.15) is 0 Å². The van der Waals surface area contributed by atoms with Gasteiger partial charge in [0.05, 0.1) is 10.2 Å². The summed E-state index contributed by atoms with van der Waals surface area (Å²) < 4.78 is 6.35. The van der Waals surface area contributed by atoms with Crippen molar-refractivity contribution < 1.29 is 14.3 Å². The first kappa shape index (κ1) is 22.6. The SMILES string of the molecule is O=C(CSc1ccc(Cl)cc1)NC(=S)Nc1ccc2oc(-c3ccc(O)c(Br)c3)nc2c1. The highest BCUT2D eigenvalue weighted by Gasteiger charge is 2.12. The van der Waals surface area contributed by atoms with Crippen LogP contribution in [0.4, 0.5) is 5.69 Å². The fraction of sp³-hybridized carbons (Fsp3) is 0.0455. The highest BCUT2D eigenvalue weighted by molar-refractivity contribution is 9.10. The van der Waals surface area contributed by atoms with Crippen molar-refractivity contribution in [2.45, 2.75) is 4.90 Å². The van der Waals surface area contributed by atoms with Gasteiger partial charge in [-0.1, -0.05) is 11.6 Å². The van der Waals surface area contributed by atoms with Gasteiger partial charge in [-0.05, 0) is 88.8 Å². The Morgan fingerprint density at radius 2 is 1.94 bits per heavy atom. The maximum atomic E-state index is 12.2. The number of phenolic OH excluding ortho intramolecular Hbond substituents is 1. The lowest BCUT2D eigenvalue weighted by Crippen LogP contribution is -2.35. The number of carbonyl (C=O) groups excluding carboxylic acids is 1. The number of benzene rings is 3. The summed E-state index contributed by atoms with van der Waals surface area (Å²) in [5.41, 5.74) is 2.62. The summed E-state index contributed by atoms with van der Waals surface area (Å²) >= 11 is 15.8. The second kappa shape index (κ2) is 9.91. The molecule has 6 nitrogen and oxygen atoms in total. The lowest BCUT2D eigenvalue weighted by Gasteiger charge is -2.09. The fourth-order valence-electron chi connectivity index (χ4n) is 2.77. The molecular formula is C22H15BrClN3O3S2. The maximum Gasteiger partial charge on any atom is 0.236 e. The highest BCUT2D eigenvalue weighted by atomic mass is 79.9. The molecule has 0 saturated heterocycles. The average Bonchev–Trinajstić information content (AvgIpc) is 3.18. The van der Waals surface area contributed by atoms with E-state index in [9.17, 15) is 9.90 Å². The molecule has 0 unspecified atom stereocenters. The van der Waals surface area contributed by atoms with E-state index in [2.05, 4.69) is 31.5 Å². The number of thioether (sulfide) groups is 1. The summed E-state index contributed by atoms with van der Waals surface area (Å²) in [6.45, 7) is 0. The third kappa shape index (κ3) is 5.60. The maximum absolute atomic E-state index is 12.2. The Balaban J connectivity index is 1.37. The van der Waals surface area contributed by atoms with Crippen molar-refractivity contribution >= 4 is 79.3 Å². The van der Waals surface area contributed by atoms with Crippen molar-refractivity contribution in [3.05, 3.63) is 70.2 Å². The number of hydrogen-bond donors (Lipinski definition) is 3. The number of carbonyl (C=O) groups is 1. The molecule has 0 aliphatic heterocycles. The predicted octanol–water partition coefficient (Wildman–Crippen LogP) is 6.22. The van der Waals surface area contributed by atoms with Gasteiger partial charge < -0.3 is 20.2 Å². The van der Waals surface area contributed by atoms with E-state index < -0.39 is 0 Å². The normalized spacial score (nSPS) is 10.8. The Morgan fingerprint density at radius 1 is 1.16 bits per heavy atom. The minimum absolute atomic E-state index is 0.137. The second-order valence-corrected chi connectivity index (χ2v) is 9.36. The van der Waals surface area contributed by atoms with Crippen molar-refractivity contribution in [3.8, 4) is 17.2 Å². The molecule has 1 heterocycles. The molecule has 4 aromatic rings. The lowest BCUT2D eigenvalue weighted by atomic mass is 10.2. The van der Waals surface area contributed by atoms with E-state index in [0.29, 0.717) is 32.2 Å². The van der Waals surface area contributed by atoms with E-state index in [1.54, 1.807) is 48.5 Å². The van der Waals surface area contributed by atoms with Crippen LogP contribution in [0.15, 0.2) is 74.4 Å². The van der Waals surface area contributed by atoms with Crippen molar-refractivity contribution in [1.29, 1.82) is 0 Å². The molecular weight excluding hydrogens is 534 g/mol. The summed E-state index contributed by atoms with van der Waals surface area (Å²) in [4.78, 5) is 17.6. The summed E-state index contributed by atoms with van der Waals surface area (Å²) in [6, 6.07) is 17.6. The first-order valence-electron chi connectivity index (χ1n) is 9.26. The molecule has 4 rings (SSSR count). The van der Waals surface area contributed by atoms with Crippen LogP contribution in [0.1, 0.15) is 0 Å². The molecule has 0 radical (unpaired) electrons. The van der Waals surface area contributed by atoms with Gasteiger partial charge in [-0.25, -0.2) is 4.98 Å². The third-order valence-electron chi connectivity index (χ3n) is 4.28. The average molecular weight is 549 g/mol. The quantitative estimate of drug-likeness (QED) is 0.201. The molecule has 1 aromatic heterocycles. The van der Waals surface area contributed by atoms with E-state index in [0.717, 1.165) is 10.5 Å². The molecule has 0 bridgehead atoms. The van der Waals surface area contributed by atoms with E-state index in [1.165, 1.54) is 11.8 Å². The van der Waals surface area contributed by atoms with Crippen LogP contribution in [0.5, 0.6) is 5.75 Å². The molecule has 162 valence electrons. The van der Waals surface area contributed by atoms with Crippen LogP contribution in [0, 0.1) is 0 Å². The zero-order valence-electron chi connectivity index (χ0n) is 16.3. The number of phenols is 1. The van der Waals surface area contributed by atoms with Gasteiger partial charge in [0.15, 0.2) is 10.7 Å². The van der Waals surface area contributed by atoms with Gasteiger partial charge in [0.2, 0.25) is 11.8 Å². The Labute approximate surface area is 206 Å². The summed E-state index contributed by atoms with van der Waals surface area (Å²) in [6.07, 6.45) is 0. The van der Waals surface area contributed by atoms with Crippen molar-refractivity contribution in [1.82, 2.24) is 10.3 Å². The highest BCUT2D eigenvalue weighted by Crippen LogP contribution is 2.31. The van der Waals surface area contributed by atoms with Crippen molar-refractivity contribution in [3.63, 3.8) is 0 Å². The van der Waals surface area contributed by atoms with Crippen molar-refractivity contribution in [2.24, 2.45) is 0 Å². The van der Waals surface area contributed by atoms with Gasteiger partial charge in [-0.15, -0.1) is 11.8 Å². The molecule has 0 saturated carbocycles. The topological polar surface area (TPSA) is 87.4 Å². The molecule has 0 atom stereocenters. The van der Waals surface area contributed by atoms with Crippen LogP contribution in [0.2, 0.25) is 5.02 Å². The summed E-state index contributed by atoms with van der Waals surface area (Å²) in [5.74, 6) is 0.564. The Morgan fingerprint density at radius 3 is 2.69 bits per heavy atom. The molecule has 10 heteroatoms. The first-order valence-corrected chi connectivity index (χ1v) is 11.8. The number of amides is 1. The van der Waals surface area contributed by atoms with Crippen LogP contribution in [-0.4, -0.2) is 26.9 Å². The number of oxazole rings is 1. The molecule has 3 N–H and O–H groups in total. The van der Waals surface area contributed by atoms with E-state index in [1.807, 2.05) is 12.1 Å². The number of nitrogens with zero attached hydrogens (tertiary/aromatic N) is 1. The monoisotopic (exact) mass is 547 g/mol. The zero-order chi connectivity index (χ0) is 22.7. The van der Waals surface area contributed by atoms with Gasteiger partial charge in [0.25, 0.3) is 0 Å². The molecule has 0 aliphatic rings. The molecule has 0 spiro atoms. The number of rotatable bonds is 5. The Kier molecular flexibility index (Phi) is 7.00. The molecule has 32 heavy (non-hydrogen) atoms. The van der Waals surface area contributed by atoms with Gasteiger partial charge >= 0.3 is 0 Å². The zero-order valence-corrected chi connectivity index (χ0v) is 20.2. The van der Waals surface area contributed by atoms with E-state index in [-0.39, 0.29) is 22.5 Å². The number of hydrogen-bond acceptors (Lipinski definition) is 6. The minimum Gasteiger partial charge on any atom is -0.507 e. The van der Waals surface area contributed by atoms with Crippen LogP contribution in [0.25, 0.3) is 22.6 Å². The predicted molar refractivity (Wildman–Crippen MR) is 135 cm³/mol. The number of halogens is 2. The van der Waals surface area contributed by atoms with Crippen LogP contribution in [-0.2, 0) is 4.79 Å².